The molecule has 0 aliphatic carbocycles. The number of hydrogen-bond donors (Lipinski definition) is 0. The average Bonchev–Trinajstić information content (AvgIpc) is 2.81. The van der Waals surface area contributed by atoms with Gasteiger partial charge in [0.2, 0.25) is 5.69 Å². The van der Waals surface area contributed by atoms with Crippen molar-refractivity contribution in [3.63, 3.8) is 0 Å². The first-order valence-electron chi connectivity index (χ1n) is 13.6. The van der Waals surface area contributed by atoms with Crippen LogP contribution in [-0.2, 0) is 19.9 Å². The maximum atomic E-state index is 14.3. The topological polar surface area (TPSA) is 13.1 Å². The highest BCUT2D eigenvalue weighted by atomic mass is 19.1. The summed E-state index contributed by atoms with van der Waals surface area (Å²) in [6, 6.07) is 16.2. The van der Waals surface area contributed by atoms with Crippen molar-refractivity contribution >= 4 is 32.3 Å². The predicted molar refractivity (Wildman–Crippen MR) is 157 cm³/mol. The fraction of sp³-hybridized carbons (Fsp3) is 0.343. The number of ether oxygens (including phenoxy) is 1. The van der Waals surface area contributed by atoms with Crippen LogP contribution in [0.1, 0.15) is 58.2 Å². The largest absolute Gasteiger partial charge is 0.455 e. The molecular formula is C35H37FNO+. The molecule has 0 N–H and O–H groups in total. The lowest BCUT2D eigenvalue weighted by Crippen LogP contribution is -2.32. The minimum atomic E-state index is -0.222. The van der Waals surface area contributed by atoms with Crippen molar-refractivity contribution in [3.8, 4) is 22.8 Å². The predicted octanol–water partition coefficient (Wildman–Crippen LogP) is 9.37. The van der Waals surface area contributed by atoms with Crippen LogP contribution in [0.25, 0.3) is 43.6 Å². The van der Waals surface area contributed by atoms with Gasteiger partial charge in [-0.15, -0.1) is 0 Å². The number of halogens is 1. The van der Waals surface area contributed by atoms with Crippen LogP contribution in [0, 0.1) is 23.6 Å². The van der Waals surface area contributed by atoms with E-state index in [9.17, 15) is 4.39 Å². The van der Waals surface area contributed by atoms with Gasteiger partial charge in [-0.1, -0.05) is 65.8 Å². The number of hydrogen-bond acceptors (Lipinski definition) is 1. The van der Waals surface area contributed by atoms with Crippen LogP contribution in [-0.4, -0.2) is 0 Å². The smallest absolute Gasteiger partial charge is 0.228 e. The Morgan fingerprint density at radius 3 is 2.24 bits per heavy atom. The second-order valence-electron chi connectivity index (χ2n) is 13.6. The van der Waals surface area contributed by atoms with Gasteiger partial charge in [0.1, 0.15) is 24.4 Å². The van der Waals surface area contributed by atoms with Crippen molar-refractivity contribution in [2.45, 2.75) is 61.3 Å². The third kappa shape index (κ3) is 4.04. The molecule has 0 saturated heterocycles. The second kappa shape index (κ2) is 8.27. The molecule has 0 radical (unpaired) electrons. The summed E-state index contributed by atoms with van der Waals surface area (Å²) < 4.78 is 23.5. The molecule has 6 rings (SSSR count). The summed E-state index contributed by atoms with van der Waals surface area (Å²) in [5.74, 6) is 1.59. The third-order valence-electron chi connectivity index (χ3n) is 7.74. The summed E-state index contributed by atoms with van der Waals surface area (Å²) in [7, 11) is 2.10. The number of rotatable bonds is 2. The van der Waals surface area contributed by atoms with E-state index in [0.717, 1.165) is 57.1 Å². The van der Waals surface area contributed by atoms with E-state index in [-0.39, 0.29) is 16.6 Å². The molecule has 0 spiro atoms. The summed E-state index contributed by atoms with van der Waals surface area (Å²) in [5.41, 5.74) is 6.44. The number of nitrogens with zero attached hydrogens (tertiary/aromatic N) is 1. The van der Waals surface area contributed by atoms with E-state index >= 15 is 0 Å². The van der Waals surface area contributed by atoms with Crippen molar-refractivity contribution in [1.29, 1.82) is 0 Å². The number of pyridine rings is 1. The van der Waals surface area contributed by atoms with E-state index in [2.05, 4.69) is 96.6 Å². The Bertz CT molecular complexity index is 1780. The van der Waals surface area contributed by atoms with E-state index in [4.69, 9.17) is 4.74 Å². The van der Waals surface area contributed by atoms with E-state index in [1.807, 2.05) is 6.07 Å². The Kier molecular flexibility index (Phi) is 5.41. The van der Waals surface area contributed by atoms with Gasteiger partial charge in [0.05, 0.1) is 10.9 Å². The lowest BCUT2D eigenvalue weighted by atomic mass is 9.80. The molecule has 2 nitrogen and oxygen atoms in total. The SMILES string of the molecule is Cc1c2c(c(CC(C)(C)C)c3ccc(CC(C)(C)C)cc13)Oc1cc3ccc(F)cc3c3cc[n+](C)c-2c13. The van der Waals surface area contributed by atoms with Gasteiger partial charge in [-0.25, -0.2) is 8.96 Å². The Morgan fingerprint density at radius 1 is 0.789 bits per heavy atom. The van der Waals surface area contributed by atoms with Crippen molar-refractivity contribution in [1.82, 2.24) is 0 Å². The van der Waals surface area contributed by atoms with Crippen LogP contribution >= 0.6 is 0 Å². The van der Waals surface area contributed by atoms with Gasteiger partial charge < -0.3 is 4.74 Å². The van der Waals surface area contributed by atoms with Gasteiger partial charge in [0.25, 0.3) is 0 Å². The second-order valence-corrected chi connectivity index (χ2v) is 13.6. The molecule has 0 fully saturated rings. The van der Waals surface area contributed by atoms with E-state index in [1.54, 1.807) is 6.07 Å². The summed E-state index contributed by atoms with van der Waals surface area (Å²) in [5, 5.41) is 6.54. The first-order valence-corrected chi connectivity index (χ1v) is 13.6. The van der Waals surface area contributed by atoms with Crippen LogP contribution < -0.4 is 9.30 Å². The van der Waals surface area contributed by atoms with Crippen LogP contribution in [0.4, 0.5) is 4.39 Å². The maximum absolute atomic E-state index is 14.3. The van der Waals surface area contributed by atoms with Crippen LogP contribution in [0.5, 0.6) is 11.5 Å². The number of aryl methyl sites for hydroxylation is 2. The number of fused-ring (bicyclic) bond motifs is 5. The van der Waals surface area contributed by atoms with E-state index < -0.39 is 0 Å². The monoisotopic (exact) mass is 506 g/mol. The Morgan fingerprint density at radius 2 is 1.53 bits per heavy atom. The molecule has 0 bridgehead atoms. The molecule has 0 atom stereocenters. The number of benzene rings is 4. The summed E-state index contributed by atoms with van der Waals surface area (Å²) >= 11 is 0. The fourth-order valence-electron chi connectivity index (χ4n) is 6.28. The molecule has 5 aromatic rings. The highest BCUT2D eigenvalue weighted by Gasteiger charge is 2.34. The highest BCUT2D eigenvalue weighted by molar-refractivity contribution is 6.16. The Hall–Kier alpha value is -3.46. The minimum absolute atomic E-state index is 0.0821. The van der Waals surface area contributed by atoms with E-state index in [1.165, 1.54) is 33.5 Å². The lowest BCUT2D eigenvalue weighted by molar-refractivity contribution is -0.659. The molecule has 4 aromatic carbocycles. The van der Waals surface area contributed by atoms with Crippen molar-refractivity contribution in [2.75, 3.05) is 0 Å². The minimum Gasteiger partial charge on any atom is -0.455 e. The zero-order valence-corrected chi connectivity index (χ0v) is 23.8. The van der Waals surface area contributed by atoms with Gasteiger partial charge in [0, 0.05) is 17.0 Å². The van der Waals surface area contributed by atoms with Gasteiger partial charge in [-0.3, -0.25) is 0 Å². The molecule has 0 amide bonds. The number of aromatic nitrogens is 1. The van der Waals surface area contributed by atoms with Crippen LogP contribution in [0.3, 0.4) is 0 Å². The lowest BCUT2D eigenvalue weighted by Gasteiger charge is -2.28. The molecule has 1 aromatic heterocycles. The molecular weight excluding hydrogens is 469 g/mol. The first-order chi connectivity index (χ1) is 17.8. The molecule has 1 aliphatic heterocycles. The molecule has 38 heavy (non-hydrogen) atoms. The van der Waals surface area contributed by atoms with Crippen molar-refractivity contribution < 1.29 is 13.7 Å². The molecule has 194 valence electrons. The quantitative estimate of drug-likeness (QED) is 0.168. The van der Waals surface area contributed by atoms with Gasteiger partial charge >= 0.3 is 0 Å². The fourth-order valence-corrected chi connectivity index (χ4v) is 6.28. The van der Waals surface area contributed by atoms with Gasteiger partial charge in [0.15, 0.2) is 6.20 Å². The van der Waals surface area contributed by atoms with Crippen LogP contribution in [0.15, 0.2) is 54.7 Å². The summed E-state index contributed by atoms with van der Waals surface area (Å²) in [6.07, 6.45) is 4.02. The van der Waals surface area contributed by atoms with Crippen molar-refractivity contribution in [3.05, 3.63) is 77.2 Å². The van der Waals surface area contributed by atoms with Gasteiger partial charge in [-0.05, 0) is 81.5 Å². The molecule has 0 saturated carbocycles. The van der Waals surface area contributed by atoms with Crippen LogP contribution in [0.2, 0.25) is 0 Å². The maximum Gasteiger partial charge on any atom is 0.228 e. The Labute approximate surface area is 225 Å². The van der Waals surface area contributed by atoms with E-state index in [0.29, 0.717) is 0 Å². The summed E-state index contributed by atoms with van der Waals surface area (Å²) in [6.45, 7) is 16.0. The third-order valence-corrected chi connectivity index (χ3v) is 7.74. The first kappa shape index (κ1) is 24.9. The Balaban J connectivity index is 1.75. The molecule has 0 unspecified atom stereocenters. The zero-order valence-electron chi connectivity index (χ0n) is 23.8. The zero-order chi connectivity index (χ0) is 27.1. The normalized spacial score (nSPS) is 13.3. The highest BCUT2D eigenvalue weighted by Crippen LogP contribution is 2.52. The standard InChI is InChI=1S/C35H37FNO/c1-20-26-15-21(18-34(2,3)4)9-12-24(26)28(19-35(5,6)7)33-30(20)32-31-25(13-14-37(32)8)27-17-23(36)11-10-22(27)16-29(31)38-33/h9-17H,18-19H2,1-8H3/q+1. The molecule has 2 heterocycles. The molecule has 3 heteroatoms. The van der Waals surface area contributed by atoms with Crippen molar-refractivity contribution in [2.24, 2.45) is 17.9 Å². The molecule has 1 aliphatic rings. The summed E-state index contributed by atoms with van der Waals surface area (Å²) in [4.78, 5) is 0. The average molecular weight is 507 g/mol. The van der Waals surface area contributed by atoms with Gasteiger partial charge in [-0.2, -0.15) is 0 Å².